The summed E-state index contributed by atoms with van der Waals surface area (Å²) in [7, 11) is 1.59. The summed E-state index contributed by atoms with van der Waals surface area (Å²) in [5.74, 6) is 0. The normalized spacial score (nSPS) is 13.5. The molecule has 62 valence electrons. The first kappa shape index (κ1) is 9.88. The second kappa shape index (κ2) is 6.99. The van der Waals surface area contributed by atoms with E-state index < -0.39 is 0 Å². The highest BCUT2D eigenvalue weighted by Crippen LogP contribution is 1.80. The van der Waals surface area contributed by atoms with E-state index in [-0.39, 0.29) is 6.10 Å². The van der Waals surface area contributed by atoms with Crippen LogP contribution >= 0.6 is 0 Å². The molecule has 2 N–H and O–H groups in total. The fourth-order valence-corrected chi connectivity index (χ4v) is 0.697. The minimum Gasteiger partial charge on any atom is -0.389 e. The van der Waals surface area contributed by atoms with E-state index in [4.69, 9.17) is 9.84 Å². The molecule has 0 aromatic rings. The van der Waals surface area contributed by atoms with Crippen molar-refractivity contribution in [1.29, 1.82) is 0 Å². The van der Waals surface area contributed by atoms with Crippen molar-refractivity contribution < 1.29 is 9.84 Å². The van der Waals surface area contributed by atoms with E-state index in [0.717, 1.165) is 13.0 Å². The number of hydrogen-bond acceptors (Lipinski definition) is 3. The number of methoxy groups -OCH3 is 1. The molecule has 0 radical (unpaired) electrons. The Balaban J connectivity index is 2.97. The number of aliphatic hydroxyl groups excluding tert-OH is 1. The summed E-state index contributed by atoms with van der Waals surface area (Å²) in [5, 5.41) is 12.2. The summed E-state index contributed by atoms with van der Waals surface area (Å²) < 4.78 is 4.74. The van der Waals surface area contributed by atoms with Crippen LogP contribution in [0.15, 0.2) is 0 Å². The minimum atomic E-state index is -0.364. The molecule has 1 atom stereocenters. The maximum absolute atomic E-state index is 9.09. The van der Waals surface area contributed by atoms with Crippen LogP contribution in [-0.2, 0) is 4.74 Å². The Kier molecular flexibility index (Phi) is 6.91. The molecule has 0 aliphatic heterocycles. The predicted molar refractivity (Wildman–Crippen MR) is 41.0 cm³/mol. The predicted octanol–water partition coefficient (Wildman–Crippen LogP) is -0.00670. The molecular formula is C7H17NO2. The number of rotatable bonds is 6. The lowest BCUT2D eigenvalue weighted by Gasteiger charge is -2.09. The van der Waals surface area contributed by atoms with E-state index in [9.17, 15) is 0 Å². The standard InChI is InChI=1S/C7H17NO2/c1-3-4-8-5-7(9)6-10-2/h7-9H,3-6H2,1-2H3. The van der Waals surface area contributed by atoms with E-state index in [1.807, 2.05) is 0 Å². The molecule has 0 bridgehead atoms. The first-order valence-electron chi connectivity index (χ1n) is 3.69. The van der Waals surface area contributed by atoms with Crippen molar-refractivity contribution in [3.05, 3.63) is 0 Å². The zero-order valence-electron chi connectivity index (χ0n) is 6.76. The molecule has 0 rings (SSSR count). The van der Waals surface area contributed by atoms with E-state index in [1.54, 1.807) is 7.11 Å². The molecule has 0 aromatic carbocycles. The highest BCUT2D eigenvalue weighted by Gasteiger charge is 1.99. The SMILES string of the molecule is CCCNCC(O)COC. The van der Waals surface area contributed by atoms with Crippen LogP contribution < -0.4 is 5.32 Å². The van der Waals surface area contributed by atoms with Crippen LogP contribution in [-0.4, -0.2) is 38.0 Å². The lowest BCUT2D eigenvalue weighted by molar-refractivity contribution is 0.0647. The lowest BCUT2D eigenvalue weighted by Crippen LogP contribution is -2.30. The van der Waals surface area contributed by atoms with Crippen molar-refractivity contribution >= 4 is 0 Å². The van der Waals surface area contributed by atoms with Crippen LogP contribution in [0.2, 0.25) is 0 Å². The molecule has 0 saturated carbocycles. The van der Waals surface area contributed by atoms with Gasteiger partial charge in [0.25, 0.3) is 0 Å². The number of nitrogens with one attached hydrogen (secondary N) is 1. The summed E-state index contributed by atoms with van der Waals surface area (Å²) >= 11 is 0. The van der Waals surface area contributed by atoms with Gasteiger partial charge in [0.1, 0.15) is 0 Å². The summed E-state index contributed by atoms with van der Waals surface area (Å²) in [6.45, 7) is 4.09. The Morgan fingerprint density at radius 1 is 1.60 bits per heavy atom. The Hall–Kier alpha value is -0.120. The molecule has 10 heavy (non-hydrogen) atoms. The van der Waals surface area contributed by atoms with Crippen molar-refractivity contribution in [2.45, 2.75) is 19.4 Å². The van der Waals surface area contributed by atoms with Gasteiger partial charge in [-0.3, -0.25) is 0 Å². The number of aliphatic hydroxyl groups is 1. The molecule has 0 saturated heterocycles. The maximum atomic E-state index is 9.09. The zero-order chi connectivity index (χ0) is 7.82. The molecular weight excluding hydrogens is 130 g/mol. The third kappa shape index (κ3) is 6.01. The minimum absolute atomic E-state index is 0.364. The fourth-order valence-electron chi connectivity index (χ4n) is 0.697. The van der Waals surface area contributed by atoms with Crippen LogP contribution in [0, 0.1) is 0 Å². The second-order valence-electron chi connectivity index (χ2n) is 2.31. The zero-order valence-corrected chi connectivity index (χ0v) is 6.76. The van der Waals surface area contributed by atoms with E-state index in [2.05, 4.69) is 12.2 Å². The lowest BCUT2D eigenvalue weighted by atomic mass is 10.3. The van der Waals surface area contributed by atoms with E-state index >= 15 is 0 Å². The fraction of sp³-hybridized carbons (Fsp3) is 1.00. The van der Waals surface area contributed by atoms with Crippen LogP contribution in [0.5, 0.6) is 0 Å². The van der Waals surface area contributed by atoms with Gasteiger partial charge in [-0.25, -0.2) is 0 Å². The van der Waals surface area contributed by atoms with Gasteiger partial charge in [0.05, 0.1) is 12.7 Å². The van der Waals surface area contributed by atoms with E-state index in [1.165, 1.54) is 0 Å². The molecule has 3 nitrogen and oxygen atoms in total. The average Bonchev–Trinajstić information content (AvgIpc) is 1.89. The molecule has 0 aliphatic rings. The Labute approximate surface area is 62.4 Å². The van der Waals surface area contributed by atoms with Gasteiger partial charge in [-0.05, 0) is 13.0 Å². The molecule has 0 amide bonds. The van der Waals surface area contributed by atoms with Gasteiger partial charge in [-0.15, -0.1) is 0 Å². The quantitative estimate of drug-likeness (QED) is 0.519. The van der Waals surface area contributed by atoms with Crippen LogP contribution in [0.1, 0.15) is 13.3 Å². The van der Waals surface area contributed by atoms with Crippen molar-refractivity contribution in [2.75, 3.05) is 26.8 Å². The molecule has 0 heterocycles. The third-order valence-corrected chi connectivity index (χ3v) is 1.17. The van der Waals surface area contributed by atoms with Crippen LogP contribution in [0.4, 0.5) is 0 Å². The summed E-state index contributed by atoms with van der Waals surface area (Å²) in [5.41, 5.74) is 0. The monoisotopic (exact) mass is 147 g/mol. The van der Waals surface area contributed by atoms with Gasteiger partial charge in [0.2, 0.25) is 0 Å². The third-order valence-electron chi connectivity index (χ3n) is 1.17. The highest BCUT2D eigenvalue weighted by molar-refractivity contribution is 4.56. The van der Waals surface area contributed by atoms with Crippen molar-refractivity contribution in [3.63, 3.8) is 0 Å². The molecule has 0 fully saturated rings. The molecule has 0 aromatic heterocycles. The van der Waals surface area contributed by atoms with Crippen molar-refractivity contribution in [1.82, 2.24) is 5.32 Å². The highest BCUT2D eigenvalue weighted by atomic mass is 16.5. The Morgan fingerprint density at radius 3 is 2.80 bits per heavy atom. The molecule has 3 heteroatoms. The van der Waals surface area contributed by atoms with Crippen molar-refractivity contribution in [3.8, 4) is 0 Å². The summed E-state index contributed by atoms with van der Waals surface area (Å²) in [6, 6.07) is 0. The number of hydrogen-bond donors (Lipinski definition) is 2. The van der Waals surface area contributed by atoms with Gasteiger partial charge < -0.3 is 15.2 Å². The largest absolute Gasteiger partial charge is 0.389 e. The van der Waals surface area contributed by atoms with Crippen LogP contribution in [0.3, 0.4) is 0 Å². The summed E-state index contributed by atoms with van der Waals surface area (Å²) in [6.07, 6.45) is 0.733. The Bertz CT molecular complexity index is 68.6. The second-order valence-corrected chi connectivity index (χ2v) is 2.31. The first-order valence-corrected chi connectivity index (χ1v) is 3.69. The smallest absolute Gasteiger partial charge is 0.0897 e. The van der Waals surface area contributed by atoms with Crippen LogP contribution in [0.25, 0.3) is 0 Å². The molecule has 0 spiro atoms. The van der Waals surface area contributed by atoms with E-state index in [0.29, 0.717) is 13.2 Å². The summed E-state index contributed by atoms with van der Waals surface area (Å²) in [4.78, 5) is 0. The van der Waals surface area contributed by atoms with Gasteiger partial charge in [0.15, 0.2) is 0 Å². The van der Waals surface area contributed by atoms with Gasteiger partial charge in [-0.1, -0.05) is 6.92 Å². The number of ether oxygens (including phenoxy) is 1. The maximum Gasteiger partial charge on any atom is 0.0897 e. The average molecular weight is 147 g/mol. The topological polar surface area (TPSA) is 41.5 Å². The first-order chi connectivity index (χ1) is 4.81. The van der Waals surface area contributed by atoms with Gasteiger partial charge >= 0.3 is 0 Å². The Morgan fingerprint density at radius 2 is 2.30 bits per heavy atom. The molecule has 1 unspecified atom stereocenters. The van der Waals surface area contributed by atoms with Gasteiger partial charge in [-0.2, -0.15) is 0 Å². The molecule has 0 aliphatic carbocycles. The van der Waals surface area contributed by atoms with Crippen molar-refractivity contribution in [2.24, 2.45) is 0 Å². The van der Waals surface area contributed by atoms with Gasteiger partial charge in [0, 0.05) is 13.7 Å².